The van der Waals surface area contributed by atoms with Crippen molar-refractivity contribution in [3.8, 4) is 11.5 Å². The van der Waals surface area contributed by atoms with E-state index in [9.17, 15) is 10.2 Å². The topological polar surface area (TPSA) is 108 Å². The van der Waals surface area contributed by atoms with E-state index in [0.29, 0.717) is 37.7 Å². The van der Waals surface area contributed by atoms with E-state index in [-0.39, 0.29) is 26.4 Å². The van der Waals surface area contributed by atoms with E-state index in [4.69, 9.17) is 19.7 Å². The molecule has 0 aliphatic heterocycles. The minimum Gasteiger partial charge on any atom is -0.491 e. The third-order valence-corrected chi connectivity index (χ3v) is 3.95. The Morgan fingerprint density at radius 1 is 0.769 bits per heavy atom. The molecule has 0 aliphatic rings. The SMILES string of the molecule is C[NH+](CCO)C[C@@H](O)COc1ccc(OC[C@H](O)C[NH+](C)CCO)cc1. The molecule has 2 unspecified atom stereocenters. The number of rotatable bonds is 14. The van der Waals surface area contributed by atoms with Crippen LogP contribution in [0.2, 0.25) is 0 Å². The molecule has 0 heterocycles. The van der Waals surface area contributed by atoms with Crippen LogP contribution in [0.3, 0.4) is 0 Å². The van der Waals surface area contributed by atoms with Gasteiger partial charge in [0.1, 0.15) is 63.1 Å². The number of benzene rings is 1. The van der Waals surface area contributed by atoms with Gasteiger partial charge in [-0.2, -0.15) is 0 Å². The minimum absolute atomic E-state index is 0.0919. The number of aliphatic hydroxyl groups is 4. The average molecular weight is 374 g/mol. The van der Waals surface area contributed by atoms with Crippen molar-refractivity contribution >= 4 is 0 Å². The van der Waals surface area contributed by atoms with Gasteiger partial charge in [0.2, 0.25) is 0 Å². The monoisotopic (exact) mass is 374 g/mol. The van der Waals surface area contributed by atoms with Crippen molar-refractivity contribution < 1.29 is 39.7 Å². The Kier molecular flexibility index (Phi) is 11.2. The summed E-state index contributed by atoms with van der Waals surface area (Å²) in [4.78, 5) is 2.08. The summed E-state index contributed by atoms with van der Waals surface area (Å²) in [6, 6.07) is 7.01. The van der Waals surface area contributed by atoms with Crippen LogP contribution in [0.15, 0.2) is 24.3 Å². The molecule has 150 valence electrons. The number of aliphatic hydroxyl groups excluding tert-OH is 4. The van der Waals surface area contributed by atoms with Gasteiger partial charge in [0.05, 0.1) is 27.3 Å². The van der Waals surface area contributed by atoms with Gasteiger partial charge in [0.25, 0.3) is 0 Å². The van der Waals surface area contributed by atoms with Crippen LogP contribution in [0.25, 0.3) is 0 Å². The van der Waals surface area contributed by atoms with Gasteiger partial charge in [-0.25, -0.2) is 0 Å². The maximum absolute atomic E-state index is 9.92. The van der Waals surface area contributed by atoms with Crippen LogP contribution in [0, 0.1) is 0 Å². The molecule has 4 atom stereocenters. The molecule has 26 heavy (non-hydrogen) atoms. The molecule has 0 aromatic heterocycles. The highest BCUT2D eigenvalue weighted by molar-refractivity contribution is 5.31. The summed E-state index contributed by atoms with van der Waals surface area (Å²) in [5.41, 5.74) is 0. The zero-order chi connectivity index (χ0) is 19.4. The zero-order valence-corrected chi connectivity index (χ0v) is 15.7. The predicted molar refractivity (Wildman–Crippen MR) is 96.9 cm³/mol. The molecule has 1 aromatic carbocycles. The van der Waals surface area contributed by atoms with Gasteiger partial charge in [-0.15, -0.1) is 0 Å². The minimum atomic E-state index is -0.606. The van der Waals surface area contributed by atoms with E-state index in [2.05, 4.69) is 0 Å². The maximum atomic E-state index is 9.92. The van der Waals surface area contributed by atoms with Gasteiger partial charge in [-0.1, -0.05) is 0 Å². The van der Waals surface area contributed by atoms with Crippen LogP contribution in [0.5, 0.6) is 11.5 Å². The molecule has 8 heteroatoms. The third kappa shape index (κ3) is 9.91. The van der Waals surface area contributed by atoms with Gasteiger partial charge in [-0.05, 0) is 24.3 Å². The van der Waals surface area contributed by atoms with E-state index in [1.807, 2.05) is 14.1 Å². The smallest absolute Gasteiger partial charge is 0.137 e. The molecule has 1 aromatic rings. The lowest BCUT2D eigenvalue weighted by atomic mass is 10.3. The second kappa shape index (κ2) is 12.9. The number of nitrogens with one attached hydrogen (secondary N) is 2. The molecule has 0 aliphatic carbocycles. The molecule has 0 amide bonds. The Labute approximate surface area is 155 Å². The number of likely N-dealkylation sites (N-methyl/N-ethyl adjacent to an activating group) is 2. The predicted octanol–water partition coefficient (Wildman–Crippen LogP) is -3.82. The van der Waals surface area contributed by atoms with E-state index in [0.717, 1.165) is 9.80 Å². The first-order valence-corrected chi connectivity index (χ1v) is 9.00. The molecule has 0 spiro atoms. The molecule has 0 saturated heterocycles. The summed E-state index contributed by atoms with van der Waals surface area (Å²) in [6.07, 6.45) is -1.21. The van der Waals surface area contributed by atoms with Crippen molar-refractivity contribution in [3.63, 3.8) is 0 Å². The van der Waals surface area contributed by atoms with E-state index < -0.39 is 12.2 Å². The van der Waals surface area contributed by atoms with Crippen molar-refractivity contribution in [1.82, 2.24) is 0 Å². The lowest BCUT2D eigenvalue weighted by molar-refractivity contribution is -0.883. The maximum Gasteiger partial charge on any atom is 0.137 e. The van der Waals surface area contributed by atoms with Crippen LogP contribution in [0.4, 0.5) is 0 Å². The summed E-state index contributed by atoms with van der Waals surface area (Å²) < 4.78 is 11.1. The van der Waals surface area contributed by atoms with Crippen molar-refractivity contribution in [2.45, 2.75) is 12.2 Å². The standard InChI is InChI=1S/C18H32N2O6/c1-19(7-9-21)11-15(23)13-25-17-3-5-18(6-4-17)26-14-16(24)12-20(2)8-10-22/h3-6,15-16,21-24H,7-14H2,1-2H3/p+2/t15-,16-/m1/s1. The van der Waals surface area contributed by atoms with E-state index >= 15 is 0 Å². The fourth-order valence-corrected chi connectivity index (χ4v) is 2.53. The number of hydrogen-bond acceptors (Lipinski definition) is 6. The third-order valence-electron chi connectivity index (χ3n) is 3.95. The number of hydrogen-bond donors (Lipinski definition) is 6. The lowest BCUT2D eigenvalue weighted by Crippen LogP contribution is -3.10. The molecule has 0 radical (unpaired) electrons. The van der Waals surface area contributed by atoms with Crippen LogP contribution in [0.1, 0.15) is 0 Å². The summed E-state index contributed by atoms with van der Waals surface area (Å²) in [5, 5.41) is 37.6. The van der Waals surface area contributed by atoms with Gasteiger partial charge >= 0.3 is 0 Å². The zero-order valence-electron chi connectivity index (χ0n) is 15.7. The van der Waals surface area contributed by atoms with Crippen molar-refractivity contribution in [3.05, 3.63) is 24.3 Å². The van der Waals surface area contributed by atoms with Crippen molar-refractivity contribution in [2.75, 3.05) is 66.7 Å². The highest BCUT2D eigenvalue weighted by Gasteiger charge is 2.13. The first kappa shape index (κ1) is 22.6. The molecule has 0 saturated carbocycles. The van der Waals surface area contributed by atoms with Gasteiger partial charge in [0, 0.05) is 0 Å². The van der Waals surface area contributed by atoms with E-state index in [1.165, 1.54) is 0 Å². The van der Waals surface area contributed by atoms with Gasteiger partial charge < -0.3 is 39.7 Å². The quantitative estimate of drug-likeness (QED) is 0.199. The second-order valence-electron chi connectivity index (χ2n) is 6.67. The first-order valence-electron chi connectivity index (χ1n) is 9.00. The Morgan fingerprint density at radius 3 is 1.42 bits per heavy atom. The van der Waals surface area contributed by atoms with Crippen LogP contribution in [-0.4, -0.2) is 99.3 Å². The highest BCUT2D eigenvalue weighted by atomic mass is 16.5. The van der Waals surface area contributed by atoms with Crippen LogP contribution < -0.4 is 19.3 Å². The molecular weight excluding hydrogens is 340 g/mol. The van der Waals surface area contributed by atoms with E-state index in [1.54, 1.807) is 24.3 Å². The fraction of sp³-hybridized carbons (Fsp3) is 0.667. The largest absolute Gasteiger partial charge is 0.491 e. The highest BCUT2D eigenvalue weighted by Crippen LogP contribution is 2.17. The Bertz CT molecular complexity index is 430. The summed E-state index contributed by atoms with van der Waals surface area (Å²) in [5.74, 6) is 1.26. The molecule has 8 nitrogen and oxygen atoms in total. The van der Waals surface area contributed by atoms with Crippen LogP contribution >= 0.6 is 0 Å². The summed E-state index contributed by atoms with van der Waals surface area (Å²) >= 11 is 0. The fourth-order valence-electron chi connectivity index (χ4n) is 2.53. The first-order chi connectivity index (χ1) is 12.4. The average Bonchev–Trinajstić information content (AvgIpc) is 2.59. The summed E-state index contributed by atoms with van der Waals surface area (Å²) in [6.45, 7) is 2.74. The molecule has 1 rings (SSSR count). The molecular formula is C18H34N2O6+2. The van der Waals surface area contributed by atoms with Crippen LogP contribution in [-0.2, 0) is 0 Å². The second-order valence-corrected chi connectivity index (χ2v) is 6.67. The Morgan fingerprint density at radius 2 is 1.12 bits per heavy atom. The number of quaternary nitrogens is 2. The molecule has 0 fully saturated rings. The Hall–Kier alpha value is -1.42. The normalized spacial score (nSPS) is 15.9. The molecule has 6 N–H and O–H groups in total. The summed E-state index contributed by atoms with van der Waals surface area (Å²) in [7, 11) is 3.81. The van der Waals surface area contributed by atoms with Crippen molar-refractivity contribution in [1.29, 1.82) is 0 Å². The molecule has 0 bridgehead atoms. The Balaban J connectivity index is 2.30. The van der Waals surface area contributed by atoms with Crippen molar-refractivity contribution in [2.24, 2.45) is 0 Å². The lowest BCUT2D eigenvalue weighted by Gasteiger charge is -2.18. The van der Waals surface area contributed by atoms with Gasteiger partial charge in [0.15, 0.2) is 0 Å². The van der Waals surface area contributed by atoms with Gasteiger partial charge in [-0.3, -0.25) is 0 Å². The number of ether oxygens (including phenoxy) is 2.